The van der Waals surface area contributed by atoms with Crippen LogP contribution in [0.1, 0.15) is 18.2 Å². The minimum absolute atomic E-state index is 0.719. The molecule has 0 aliphatic heterocycles. The minimum Gasteiger partial charge on any atom is -0.394 e. The largest absolute Gasteiger partial charge is 0.394 e. The molecule has 0 saturated carbocycles. The molecular formula is C13H17BrN4. The molecule has 0 aliphatic rings. The molecule has 0 saturated heterocycles. The molecule has 96 valence electrons. The Morgan fingerprint density at radius 3 is 2.72 bits per heavy atom. The Hall–Kier alpha value is -1.49. The summed E-state index contributed by atoms with van der Waals surface area (Å²) in [6.07, 6.45) is 0.832. The van der Waals surface area contributed by atoms with Crippen molar-refractivity contribution in [3.05, 3.63) is 33.9 Å². The predicted molar refractivity (Wildman–Crippen MR) is 79.2 cm³/mol. The van der Waals surface area contributed by atoms with E-state index in [1.54, 1.807) is 4.68 Å². The number of hydrogen-bond donors (Lipinski definition) is 2. The van der Waals surface area contributed by atoms with E-state index in [1.807, 2.05) is 26.1 Å². The Morgan fingerprint density at radius 2 is 2.17 bits per heavy atom. The molecule has 0 amide bonds. The smallest absolute Gasteiger partial charge is 0.152 e. The van der Waals surface area contributed by atoms with Gasteiger partial charge in [0.1, 0.15) is 0 Å². The van der Waals surface area contributed by atoms with E-state index in [0.29, 0.717) is 0 Å². The number of nitrogens with zero attached hydrogens (tertiary/aromatic N) is 2. The highest BCUT2D eigenvalue weighted by Crippen LogP contribution is 2.28. The van der Waals surface area contributed by atoms with Gasteiger partial charge < -0.3 is 11.1 Å². The summed E-state index contributed by atoms with van der Waals surface area (Å²) in [6.45, 7) is 4.10. The van der Waals surface area contributed by atoms with E-state index in [1.165, 1.54) is 5.56 Å². The molecule has 2 rings (SSSR count). The van der Waals surface area contributed by atoms with Crippen LogP contribution >= 0.6 is 15.9 Å². The van der Waals surface area contributed by atoms with Crippen LogP contribution in [0.3, 0.4) is 0 Å². The maximum atomic E-state index is 6.07. The first-order valence-electron chi connectivity index (χ1n) is 5.87. The highest BCUT2D eigenvalue weighted by molar-refractivity contribution is 9.10. The lowest BCUT2D eigenvalue weighted by atomic mass is 10.2. The lowest BCUT2D eigenvalue weighted by Crippen LogP contribution is -2.01. The van der Waals surface area contributed by atoms with E-state index in [4.69, 9.17) is 5.73 Å². The summed E-state index contributed by atoms with van der Waals surface area (Å²) in [5.41, 5.74) is 9.91. The monoisotopic (exact) mass is 308 g/mol. The van der Waals surface area contributed by atoms with E-state index < -0.39 is 0 Å². The van der Waals surface area contributed by atoms with Crippen molar-refractivity contribution in [1.82, 2.24) is 9.78 Å². The predicted octanol–water partition coefficient (Wildman–Crippen LogP) is 3.38. The highest BCUT2D eigenvalue weighted by Gasteiger charge is 2.12. The molecule has 0 fully saturated rings. The summed E-state index contributed by atoms with van der Waals surface area (Å²) in [7, 11) is 1.89. The van der Waals surface area contributed by atoms with Gasteiger partial charge in [0, 0.05) is 17.2 Å². The molecule has 3 N–H and O–H groups in total. The highest BCUT2D eigenvalue weighted by atomic mass is 79.9. The fourth-order valence-electron chi connectivity index (χ4n) is 1.81. The lowest BCUT2D eigenvalue weighted by molar-refractivity contribution is 0.753. The minimum atomic E-state index is 0.719. The molecular weight excluding hydrogens is 292 g/mol. The number of anilines is 3. The van der Waals surface area contributed by atoms with Crippen LogP contribution in [0.5, 0.6) is 0 Å². The number of aromatic nitrogens is 2. The molecule has 4 nitrogen and oxygen atoms in total. The summed E-state index contributed by atoms with van der Waals surface area (Å²) in [4.78, 5) is 0. The first kappa shape index (κ1) is 13.0. The second kappa shape index (κ2) is 5.02. The van der Waals surface area contributed by atoms with E-state index in [9.17, 15) is 0 Å². The number of rotatable bonds is 3. The van der Waals surface area contributed by atoms with Crippen molar-refractivity contribution in [2.45, 2.75) is 20.3 Å². The molecule has 0 unspecified atom stereocenters. The van der Waals surface area contributed by atoms with Crippen LogP contribution < -0.4 is 11.1 Å². The van der Waals surface area contributed by atoms with Crippen LogP contribution in [0.25, 0.3) is 0 Å². The molecule has 1 aromatic heterocycles. The van der Waals surface area contributed by atoms with Gasteiger partial charge in [0.2, 0.25) is 0 Å². The zero-order valence-electron chi connectivity index (χ0n) is 10.8. The number of halogens is 1. The first-order chi connectivity index (χ1) is 8.52. The number of benzene rings is 1. The Kier molecular flexibility index (Phi) is 3.61. The summed E-state index contributed by atoms with van der Waals surface area (Å²) in [6, 6.07) is 6.12. The summed E-state index contributed by atoms with van der Waals surface area (Å²) >= 11 is 3.52. The topological polar surface area (TPSA) is 55.9 Å². The normalized spacial score (nSPS) is 10.7. The van der Waals surface area contributed by atoms with Crippen LogP contribution in [0, 0.1) is 6.92 Å². The summed E-state index contributed by atoms with van der Waals surface area (Å²) < 4.78 is 2.85. The molecule has 1 heterocycles. The maximum absolute atomic E-state index is 6.07. The second-order valence-corrected chi connectivity index (χ2v) is 5.13. The number of nitrogens with two attached hydrogens (primary N) is 1. The van der Waals surface area contributed by atoms with Gasteiger partial charge in [-0.2, -0.15) is 5.10 Å². The van der Waals surface area contributed by atoms with Crippen LogP contribution in [0.2, 0.25) is 0 Å². The Labute approximate surface area is 115 Å². The van der Waals surface area contributed by atoms with E-state index in [0.717, 1.165) is 33.8 Å². The number of nitrogen functional groups attached to an aromatic ring is 1. The second-order valence-electron chi connectivity index (χ2n) is 4.28. The Bertz CT molecular complexity index is 575. The van der Waals surface area contributed by atoms with Crippen molar-refractivity contribution in [1.29, 1.82) is 0 Å². The Morgan fingerprint density at radius 1 is 1.44 bits per heavy atom. The van der Waals surface area contributed by atoms with Crippen molar-refractivity contribution >= 4 is 33.1 Å². The molecule has 0 radical (unpaired) electrons. The SMILES string of the molecule is CCc1nn(C)c(Nc2ccc(C)c(Br)c2)c1N. The molecule has 1 aromatic carbocycles. The number of hydrogen-bond acceptors (Lipinski definition) is 3. The molecule has 0 spiro atoms. The third kappa shape index (κ3) is 2.36. The van der Waals surface area contributed by atoms with Gasteiger partial charge in [-0.05, 0) is 31.0 Å². The van der Waals surface area contributed by atoms with Crippen LogP contribution in [0.4, 0.5) is 17.2 Å². The van der Waals surface area contributed by atoms with Gasteiger partial charge in [0.25, 0.3) is 0 Å². The van der Waals surface area contributed by atoms with Crippen molar-refractivity contribution in [2.75, 3.05) is 11.1 Å². The maximum Gasteiger partial charge on any atom is 0.152 e. The average Bonchev–Trinajstić information content (AvgIpc) is 2.61. The van der Waals surface area contributed by atoms with Crippen molar-refractivity contribution in [3.63, 3.8) is 0 Å². The third-order valence-corrected chi connectivity index (χ3v) is 3.78. The lowest BCUT2D eigenvalue weighted by Gasteiger charge is -2.09. The summed E-state index contributed by atoms with van der Waals surface area (Å²) in [5, 5.41) is 7.69. The molecule has 0 atom stereocenters. The van der Waals surface area contributed by atoms with Gasteiger partial charge in [0.15, 0.2) is 5.82 Å². The molecule has 18 heavy (non-hydrogen) atoms. The van der Waals surface area contributed by atoms with Crippen molar-refractivity contribution < 1.29 is 0 Å². The van der Waals surface area contributed by atoms with Crippen molar-refractivity contribution in [2.24, 2.45) is 7.05 Å². The average molecular weight is 309 g/mol. The van der Waals surface area contributed by atoms with Gasteiger partial charge in [0.05, 0.1) is 11.4 Å². The van der Waals surface area contributed by atoms with E-state index in [-0.39, 0.29) is 0 Å². The van der Waals surface area contributed by atoms with Gasteiger partial charge in [-0.25, -0.2) is 0 Å². The van der Waals surface area contributed by atoms with E-state index in [2.05, 4.69) is 39.3 Å². The standard InChI is InChI=1S/C13H17BrN4/c1-4-11-12(15)13(18(3)17-11)16-9-6-5-8(2)10(14)7-9/h5-7,16H,4,15H2,1-3H3. The first-order valence-corrected chi connectivity index (χ1v) is 6.66. The van der Waals surface area contributed by atoms with Gasteiger partial charge in [-0.3, -0.25) is 4.68 Å². The third-order valence-electron chi connectivity index (χ3n) is 2.93. The zero-order chi connectivity index (χ0) is 13.3. The number of aryl methyl sites for hydroxylation is 3. The quantitative estimate of drug-likeness (QED) is 0.914. The van der Waals surface area contributed by atoms with Gasteiger partial charge in [-0.1, -0.05) is 28.9 Å². The van der Waals surface area contributed by atoms with Crippen LogP contribution in [-0.2, 0) is 13.5 Å². The number of nitrogens with one attached hydrogen (secondary N) is 1. The van der Waals surface area contributed by atoms with Gasteiger partial charge >= 0.3 is 0 Å². The van der Waals surface area contributed by atoms with Crippen molar-refractivity contribution in [3.8, 4) is 0 Å². The molecule has 2 aromatic rings. The van der Waals surface area contributed by atoms with Crippen LogP contribution in [0.15, 0.2) is 22.7 Å². The molecule has 5 heteroatoms. The fraction of sp³-hybridized carbons (Fsp3) is 0.308. The zero-order valence-corrected chi connectivity index (χ0v) is 12.4. The summed E-state index contributed by atoms with van der Waals surface area (Å²) in [5.74, 6) is 0.836. The molecule has 0 bridgehead atoms. The van der Waals surface area contributed by atoms with Crippen LogP contribution in [-0.4, -0.2) is 9.78 Å². The Balaban J connectivity index is 2.33. The van der Waals surface area contributed by atoms with Gasteiger partial charge in [-0.15, -0.1) is 0 Å². The fourth-order valence-corrected chi connectivity index (χ4v) is 2.19. The van der Waals surface area contributed by atoms with E-state index >= 15 is 0 Å². The molecule has 0 aliphatic carbocycles.